The molecule has 7 heteroatoms. The molecule has 1 amide bonds. The number of imidazole rings is 1. The number of hydrogen-bond donors (Lipinski definition) is 3. The van der Waals surface area contributed by atoms with E-state index in [0.717, 1.165) is 16.9 Å². The van der Waals surface area contributed by atoms with Crippen molar-refractivity contribution in [2.45, 2.75) is 25.2 Å². The van der Waals surface area contributed by atoms with Crippen LogP contribution >= 0.6 is 0 Å². The largest absolute Gasteiger partial charge is 0.482 e. The number of nitrogens with one attached hydrogen (secondary N) is 2. The molecule has 27 heavy (non-hydrogen) atoms. The van der Waals surface area contributed by atoms with Crippen molar-refractivity contribution in [2.75, 3.05) is 11.9 Å². The maximum Gasteiger partial charge on any atom is 0.341 e. The molecule has 3 N–H and O–H groups in total. The topological polar surface area (TPSA) is 104 Å². The SMILES string of the molecule is O=C(O)COc1cccc(C(=O)Nc2ccc3nc(C4CCC4)[nH]c3c2)c1. The van der Waals surface area contributed by atoms with E-state index in [4.69, 9.17) is 9.84 Å². The monoisotopic (exact) mass is 365 g/mol. The summed E-state index contributed by atoms with van der Waals surface area (Å²) < 4.78 is 5.11. The third-order valence-electron chi connectivity index (χ3n) is 4.71. The number of amides is 1. The highest BCUT2D eigenvalue weighted by molar-refractivity contribution is 6.05. The van der Waals surface area contributed by atoms with E-state index in [1.54, 1.807) is 18.2 Å². The summed E-state index contributed by atoms with van der Waals surface area (Å²) in [4.78, 5) is 31.1. The number of aromatic nitrogens is 2. The van der Waals surface area contributed by atoms with Gasteiger partial charge in [-0.2, -0.15) is 0 Å². The van der Waals surface area contributed by atoms with Gasteiger partial charge in [0.1, 0.15) is 11.6 Å². The van der Waals surface area contributed by atoms with Crippen LogP contribution in [-0.2, 0) is 4.79 Å². The number of benzene rings is 2. The van der Waals surface area contributed by atoms with Gasteiger partial charge in [-0.3, -0.25) is 4.79 Å². The fourth-order valence-corrected chi connectivity index (χ4v) is 3.06. The summed E-state index contributed by atoms with van der Waals surface area (Å²) >= 11 is 0. The van der Waals surface area contributed by atoms with Crippen LogP contribution in [0.3, 0.4) is 0 Å². The zero-order chi connectivity index (χ0) is 18.8. The fraction of sp³-hybridized carbons (Fsp3) is 0.250. The summed E-state index contributed by atoms with van der Waals surface area (Å²) in [6, 6.07) is 12.0. The highest BCUT2D eigenvalue weighted by Crippen LogP contribution is 2.35. The number of carboxylic acid groups (broad SMARTS) is 1. The van der Waals surface area contributed by atoms with Crippen LogP contribution in [-0.4, -0.2) is 33.6 Å². The third kappa shape index (κ3) is 3.76. The number of carbonyl (C=O) groups excluding carboxylic acids is 1. The van der Waals surface area contributed by atoms with Crippen molar-refractivity contribution in [3.05, 3.63) is 53.9 Å². The van der Waals surface area contributed by atoms with Crippen molar-refractivity contribution in [2.24, 2.45) is 0 Å². The average Bonchev–Trinajstić information content (AvgIpc) is 3.01. The van der Waals surface area contributed by atoms with Crippen molar-refractivity contribution in [3.63, 3.8) is 0 Å². The van der Waals surface area contributed by atoms with Crippen molar-refractivity contribution in [1.29, 1.82) is 0 Å². The van der Waals surface area contributed by atoms with Crippen molar-refractivity contribution in [1.82, 2.24) is 9.97 Å². The minimum atomic E-state index is -1.07. The lowest BCUT2D eigenvalue weighted by Gasteiger charge is -2.22. The number of hydrogen-bond acceptors (Lipinski definition) is 4. The second kappa shape index (κ2) is 7.11. The van der Waals surface area contributed by atoms with Crippen LogP contribution < -0.4 is 10.1 Å². The third-order valence-corrected chi connectivity index (χ3v) is 4.71. The van der Waals surface area contributed by atoms with Crippen LogP contribution in [0.25, 0.3) is 11.0 Å². The van der Waals surface area contributed by atoms with E-state index >= 15 is 0 Å². The second-order valence-corrected chi connectivity index (χ2v) is 6.65. The lowest BCUT2D eigenvalue weighted by Crippen LogP contribution is -2.13. The quantitative estimate of drug-likeness (QED) is 0.620. The van der Waals surface area contributed by atoms with E-state index < -0.39 is 12.6 Å². The summed E-state index contributed by atoms with van der Waals surface area (Å²) in [5.74, 6) is 0.499. The Morgan fingerprint density at radius 3 is 2.81 bits per heavy atom. The Labute approximate surface area is 155 Å². The molecule has 2 aromatic carbocycles. The lowest BCUT2D eigenvalue weighted by molar-refractivity contribution is -0.139. The Bertz CT molecular complexity index is 1010. The fourth-order valence-electron chi connectivity index (χ4n) is 3.06. The molecule has 0 unspecified atom stereocenters. The van der Waals surface area contributed by atoms with Gasteiger partial charge in [-0.1, -0.05) is 12.5 Å². The van der Waals surface area contributed by atoms with Gasteiger partial charge in [-0.25, -0.2) is 9.78 Å². The van der Waals surface area contributed by atoms with Gasteiger partial charge in [0.2, 0.25) is 0 Å². The van der Waals surface area contributed by atoms with Gasteiger partial charge in [0.05, 0.1) is 11.0 Å². The zero-order valence-corrected chi connectivity index (χ0v) is 14.6. The number of H-pyrrole nitrogens is 1. The Morgan fingerprint density at radius 2 is 2.07 bits per heavy atom. The number of aromatic amines is 1. The van der Waals surface area contributed by atoms with Gasteiger partial charge < -0.3 is 20.1 Å². The normalized spacial score (nSPS) is 13.9. The number of carbonyl (C=O) groups is 2. The molecule has 0 bridgehead atoms. The summed E-state index contributed by atoms with van der Waals surface area (Å²) in [7, 11) is 0. The van der Waals surface area contributed by atoms with E-state index in [-0.39, 0.29) is 5.91 Å². The van der Waals surface area contributed by atoms with Gasteiger partial charge in [0, 0.05) is 17.2 Å². The molecule has 7 nitrogen and oxygen atoms in total. The number of rotatable bonds is 6. The van der Waals surface area contributed by atoms with Crippen molar-refractivity contribution in [3.8, 4) is 5.75 Å². The van der Waals surface area contributed by atoms with Crippen LogP contribution in [0.15, 0.2) is 42.5 Å². The first-order chi connectivity index (χ1) is 13.1. The van der Waals surface area contributed by atoms with E-state index in [1.807, 2.05) is 18.2 Å². The van der Waals surface area contributed by atoms with E-state index in [1.165, 1.54) is 25.3 Å². The van der Waals surface area contributed by atoms with Gasteiger partial charge >= 0.3 is 5.97 Å². The molecule has 4 rings (SSSR count). The molecule has 3 aromatic rings. The Morgan fingerprint density at radius 1 is 1.22 bits per heavy atom. The minimum Gasteiger partial charge on any atom is -0.482 e. The molecular weight excluding hydrogens is 346 g/mol. The number of ether oxygens (including phenoxy) is 1. The number of aliphatic carboxylic acids is 1. The number of nitrogens with zero attached hydrogens (tertiary/aromatic N) is 1. The summed E-state index contributed by atoms with van der Waals surface area (Å²) in [5, 5.41) is 11.5. The molecule has 1 aromatic heterocycles. The first-order valence-corrected chi connectivity index (χ1v) is 8.84. The molecule has 1 saturated carbocycles. The van der Waals surface area contributed by atoms with Crippen LogP contribution in [0.1, 0.15) is 41.4 Å². The predicted molar refractivity (Wildman–Crippen MR) is 100 cm³/mol. The van der Waals surface area contributed by atoms with Crippen LogP contribution in [0.5, 0.6) is 5.75 Å². The first-order valence-electron chi connectivity index (χ1n) is 8.84. The van der Waals surface area contributed by atoms with Gasteiger partial charge in [0.15, 0.2) is 6.61 Å². The Hall–Kier alpha value is -3.35. The van der Waals surface area contributed by atoms with Crippen molar-refractivity contribution >= 4 is 28.6 Å². The second-order valence-electron chi connectivity index (χ2n) is 6.65. The molecule has 1 aliphatic carbocycles. The molecule has 0 atom stereocenters. The Balaban J connectivity index is 1.48. The smallest absolute Gasteiger partial charge is 0.341 e. The van der Waals surface area contributed by atoms with Crippen molar-refractivity contribution < 1.29 is 19.4 Å². The molecule has 138 valence electrons. The standard InChI is InChI=1S/C20H19N3O4/c24-18(25)11-27-15-6-2-5-13(9-15)20(26)21-14-7-8-16-17(10-14)23-19(22-16)12-3-1-4-12/h2,5-10,12H,1,3-4,11H2,(H,21,26)(H,22,23)(H,24,25). The predicted octanol–water partition coefficient (Wildman–Crippen LogP) is 3.55. The van der Waals surface area contributed by atoms with Gasteiger partial charge in [-0.05, 0) is 49.2 Å². The summed E-state index contributed by atoms with van der Waals surface area (Å²) in [6.45, 7) is -0.453. The maximum absolute atomic E-state index is 12.5. The minimum absolute atomic E-state index is 0.297. The summed E-state index contributed by atoms with van der Waals surface area (Å²) in [5.41, 5.74) is 2.83. The maximum atomic E-state index is 12.5. The molecule has 1 aliphatic rings. The summed E-state index contributed by atoms with van der Waals surface area (Å²) in [6.07, 6.45) is 3.59. The van der Waals surface area contributed by atoms with Gasteiger partial charge in [0.25, 0.3) is 5.91 Å². The zero-order valence-electron chi connectivity index (χ0n) is 14.6. The Kier molecular flexibility index (Phi) is 4.50. The number of anilines is 1. The molecular formula is C20H19N3O4. The molecule has 0 radical (unpaired) electrons. The van der Waals surface area contributed by atoms with Crippen LogP contribution in [0, 0.1) is 0 Å². The molecule has 0 saturated heterocycles. The van der Waals surface area contributed by atoms with Crippen LogP contribution in [0.4, 0.5) is 5.69 Å². The highest BCUT2D eigenvalue weighted by Gasteiger charge is 2.22. The average molecular weight is 365 g/mol. The number of fused-ring (bicyclic) bond motifs is 1. The molecule has 0 aliphatic heterocycles. The van der Waals surface area contributed by atoms with Gasteiger partial charge in [-0.15, -0.1) is 0 Å². The van der Waals surface area contributed by atoms with E-state index in [9.17, 15) is 9.59 Å². The highest BCUT2D eigenvalue weighted by atomic mass is 16.5. The van der Waals surface area contributed by atoms with Crippen LogP contribution in [0.2, 0.25) is 0 Å². The first kappa shape index (κ1) is 17.1. The molecule has 0 spiro atoms. The molecule has 1 fully saturated rings. The number of carboxylic acids is 1. The molecule has 1 heterocycles. The van der Waals surface area contributed by atoms with E-state index in [2.05, 4.69) is 15.3 Å². The van der Waals surface area contributed by atoms with E-state index in [0.29, 0.717) is 22.9 Å². The lowest BCUT2D eigenvalue weighted by atomic mass is 9.85.